The fraction of sp³-hybridized carbons (Fsp3) is 0. The van der Waals surface area contributed by atoms with Crippen molar-refractivity contribution in [1.82, 2.24) is 9.13 Å². The van der Waals surface area contributed by atoms with E-state index in [1.807, 2.05) is 0 Å². The maximum atomic E-state index is 2.47. The lowest BCUT2D eigenvalue weighted by atomic mass is 9.95. The first kappa shape index (κ1) is 24.7. The molecule has 0 aliphatic heterocycles. The summed E-state index contributed by atoms with van der Waals surface area (Å²) in [5.41, 5.74) is 12.1. The molecule has 0 amide bonds. The van der Waals surface area contributed by atoms with Crippen LogP contribution in [0.4, 0.5) is 0 Å². The molecule has 0 spiro atoms. The molecule has 0 bridgehead atoms. The quantitative estimate of drug-likeness (QED) is 0.203. The van der Waals surface area contributed by atoms with Crippen molar-refractivity contribution in [2.24, 2.45) is 0 Å². The van der Waals surface area contributed by atoms with E-state index in [2.05, 4.69) is 179 Å². The predicted molar refractivity (Wildman–Crippen MR) is 186 cm³/mol. The molecule has 2 heteroatoms. The highest BCUT2D eigenvalue weighted by atomic mass is 15.0. The second-order valence-corrected chi connectivity index (χ2v) is 11.4. The number of aromatic nitrogens is 2. The molecule has 2 aromatic heterocycles. The first-order valence-corrected chi connectivity index (χ1v) is 15.1. The summed E-state index contributed by atoms with van der Waals surface area (Å²) < 4.78 is 4.84. The fourth-order valence-electron chi connectivity index (χ4n) is 6.96. The second-order valence-electron chi connectivity index (χ2n) is 11.4. The molecule has 0 radical (unpaired) electrons. The molecule has 44 heavy (non-hydrogen) atoms. The highest BCUT2D eigenvalue weighted by Gasteiger charge is 2.20. The van der Waals surface area contributed by atoms with Crippen molar-refractivity contribution < 1.29 is 0 Å². The zero-order valence-corrected chi connectivity index (χ0v) is 24.1. The molecule has 0 N–H and O–H groups in total. The monoisotopic (exact) mass is 560 g/mol. The zero-order valence-electron chi connectivity index (χ0n) is 24.1. The van der Waals surface area contributed by atoms with Crippen molar-refractivity contribution in [1.29, 1.82) is 0 Å². The maximum Gasteiger partial charge on any atom is 0.0619 e. The number of para-hydroxylation sites is 3. The normalized spacial score (nSPS) is 11.6. The van der Waals surface area contributed by atoms with E-state index in [1.54, 1.807) is 0 Å². The summed E-state index contributed by atoms with van der Waals surface area (Å²) in [5.74, 6) is 0. The van der Waals surface area contributed by atoms with Gasteiger partial charge in [-0.1, -0.05) is 115 Å². The average molecular weight is 561 g/mol. The second kappa shape index (κ2) is 9.86. The van der Waals surface area contributed by atoms with Gasteiger partial charge in [-0.15, -0.1) is 0 Å². The van der Waals surface area contributed by atoms with Gasteiger partial charge in [0.25, 0.3) is 0 Å². The Labute approximate surface area is 255 Å². The Hall–Kier alpha value is -5.86. The number of benzene rings is 7. The Kier molecular flexibility index (Phi) is 5.54. The third-order valence-corrected chi connectivity index (χ3v) is 8.89. The van der Waals surface area contributed by atoms with Gasteiger partial charge in [-0.25, -0.2) is 0 Å². The Morgan fingerprint density at radius 2 is 0.841 bits per heavy atom. The lowest BCUT2D eigenvalue weighted by molar-refractivity contribution is 1.17. The van der Waals surface area contributed by atoms with Crippen LogP contribution in [0.5, 0.6) is 0 Å². The van der Waals surface area contributed by atoms with Gasteiger partial charge in [-0.3, -0.25) is 0 Å². The van der Waals surface area contributed by atoms with Crippen LogP contribution in [0.2, 0.25) is 0 Å². The van der Waals surface area contributed by atoms with Gasteiger partial charge in [0.1, 0.15) is 0 Å². The molecule has 9 aromatic rings. The minimum Gasteiger partial charge on any atom is -0.309 e. The van der Waals surface area contributed by atoms with Crippen LogP contribution in [-0.4, -0.2) is 9.13 Å². The Balaban J connectivity index is 1.39. The number of rotatable bonds is 4. The predicted octanol–water partition coefficient (Wildman–Crippen LogP) is 11.2. The number of hydrogen-bond acceptors (Lipinski definition) is 0. The standard InChI is InChI=1S/C42H28N2/c1-4-14-29(15-5-1)31-26-36(30-16-6-2-7-17-30)42-38(27-31)35-21-11-13-23-40(35)44(42)33-24-25-41-37(28-33)34-20-10-12-22-39(34)43(41)32-18-8-3-9-19-32/h1-28H. The van der Waals surface area contributed by atoms with E-state index in [4.69, 9.17) is 0 Å². The van der Waals surface area contributed by atoms with Gasteiger partial charge in [-0.2, -0.15) is 0 Å². The lowest BCUT2D eigenvalue weighted by Crippen LogP contribution is -1.97. The highest BCUT2D eigenvalue weighted by Crippen LogP contribution is 2.42. The average Bonchev–Trinajstić information content (AvgIpc) is 3.62. The van der Waals surface area contributed by atoms with E-state index in [1.165, 1.54) is 71.6 Å². The van der Waals surface area contributed by atoms with Crippen LogP contribution >= 0.6 is 0 Å². The third-order valence-electron chi connectivity index (χ3n) is 8.89. The summed E-state index contributed by atoms with van der Waals surface area (Å²) in [6.07, 6.45) is 0. The van der Waals surface area contributed by atoms with Gasteiger partial charge in [0.05, 0.1) is 22.1 Å². The summed E-state index contributed by atoms with van der Waals surface area (Å²) in [4.78, 5) is 0. The summed E-state index contributed by atoms with van der Waals surface area (Å²) >= 11 is 0. The van der Waals surface area contributed by atoms with Gasteiger partial charge in [0, 0.05) is 38.5 Å². The van der Waals surface area contributed by atoms with Gasteiger partial charge in [0.2, 0.25) is 0 Å². The van der Waals surface area contributed by atoms with Gasteiger partial charge in [-0.05, 0) is 71.3 Å². The first-order valence-electron chi connectivity index (χ1n) is 15.1. The molecule has 0 saturated carbocycles. The molecule has 206 valence electrons. The van der Waals surface area contributed by atoms with E-state index in [-0.39, 0.29) is 0 Å². The third kappa shape index (κ3) is 3.75. The molecule has 0 unspecified atom stereocenters. The number of fused-ring (bicyclic) bond motifs is 6. The van der Waals surface area contributed by atoms with E-state index >= 15 is 0 Å². The van der Waals surface area contributed by atoms with Crippen LogP contribution in [0, 0.1) is 0 Å². The molecule has 0 fully saturated rings. The van der Waals surface area contributed by atoms with E-state index in [9.17, 15) is 0 Å². The van der Waals surface area contributed by atoms with Crippen molar-refractivity contribution in [2.45, 2.75) is 0 Å². The topological polar surface area (TPSA) is 9.86 Å². The fourth-order valence-corrected chi connectivity index (χ4v) is 6.96. The van der Waals surface area contributed by atoms with Crippen LogP contribution in [0.15, 0.2) is 170 Å². The van der Waals surface area contributed by atoms with Crippen LogP contribution < -0.4 is 0 Å². The highest BCUT2D eigenvalue weighted by molar-refractivity contribution is 6.16. The van der Waals surface area contributed by atoms with Crippen molar-refractivity contribution >= 4 is 43.6 Å². The molecular weight excluding hydrogens is 532 g/mol. The van der Waals surface area contributed by atoms with Crippen LogP contribution in [-0.2, 0) is 0 Å². The summed E-state index contributed by atoms with van der Waals surface area (Å²) in [5, 5.41) is 5.01. The largest absolute Gasteiger partial charge is 0.309 e. The zero-order chi connectivity index (χ0) is 29.0. The Bertz CT molecular complexity index is 2470. The Morgan fingerprint density at radius 3 is 1.55 bits per heavy atom. The van der Waals surface area contributed by atoms with Crippen molar-refractivity contribution in [3.63, 3.8) is 0 Å². The molecule has 7 aromatic carbocycles. The minimum atomic E-state index is 1.16. The molecule has 2 nitrogen and oxygen atoms in total. The van der Waals surface area contributed by atoms with Gasteiger partial charge >= 0.3 is 0 Å². The van der Waals surface area contributed by atoms with Crippen molar-refractivity contribution in [3.8, 4) is 33.6 Å². The van der Waals surface area contributed by atoms with Crippen LogP contribution in [0.3, 0.4) is 0 Å². The van der Waals surface area contributed by atoms with Crippen molar-refractivity contribution in [2.75, 3.05) is 0 Å². The molecule has 0 aliphatic rings. The number of nitrogens with zero attached hydrogens (tertiary/aromatic N) is 2. The smallest absolute Gasteiger partial charge is 0.0619 e. The summed E-state index contributed by atoms with van der Waals surface area (Å²) in [6.45, 7) is 0. The van der Waals surface area contributed by atoms with Crippen LogP contribution in [0.25, 0.3) is 77.2 Å². The van der Waals surface area contributed by atoms with Crippen LogP contribution in [0.1, 0.15) is 0 Å². The summed E-state index contributed by atoms with van der Waals surface area (Å²) in [7, 11) is 0. The molecular formula is C42H28N2. The summed E-state index contributed by atoms with van der Waals surface area (Å²) in [6, 6.07) is 61.4. The van der Waals surface area contributed by atoms with E-state index in [0.29, 0.717) is 0 Å². The van der Waals surface area contributed by atoms with E-state index < -0.39 is 0 Å². The SMILES string of the molecule is c1ccc(-c2cc(-c3ccccc3)c3c(c2)c2ccccc2n3-c2ccc3c(c2)c2ccccc2n3-c2ccccc2)cc1. The minimum absolute atomic E-state index is 1.16. The van der Waals surface area contributed by atoms with Gasteiger partial charge in [0.15, 0.2) is 0 Å². The first-order chi connectivity index (χ1) is 21.8. The molecule has 0 atom stereocenters. The maximum absolute atomic E-state index is 2.47. The molecule has 2 heterocycles. The Morgan fingerprint density at radius 1 is 0.295 bits per heavy atom. The molecule has 0 aliphatic carbocycles. The molecule has 0 saturated heterocycles. The van der Waals surface area contributed by atoms with Gasteiger partial charge < -0.3 is 9.13 Å². The lowest BCUT2D eigenvalue weighted by Gasteiger charge is -2.14. The van der Waals surface area contributed by atoms with E-state index in [0.717, 1.165) is 5.69 Å². The number of hydrogen-bond donors (Lipinski definition) is 0. The molecule has 9 rings (SSSR count). The van der Waals surface area contributed by atoms with Crippen molar-refractivity contribution in [3.05, 3.63) is 170 Å².